The minimum Gasteiger partial charge on any atom is -0.213 e. The van der Waals surface area contributed by atoms with Gasteiger partial charge in [0.25, 0.3) is 0 Å². The fraction of sp³-hybridized carbons (Fsp3) is 0.667. The Morgan fingerprint density at radius 1 is 0.867 bits per heavy atom. The molecule has 0 bridgehead atoms. The van der Waals surface area contributed by atoms with Gasteiger partial charge in [-0.15, -0.1) is 0 Å². The van der Waals surface area contributed by atoms with E-state index in [0.29, 0.717) is 0 Å². The average Bonchev–Trinajstić information content (AvgIpc) is 2.23. The molecule has 0 amide bonds. The summed E-state index contributed by atoms with van der Waals surface area (Å²) < 4.78 is 31.4. The maximum Gasteiger partial charge on any atom is -0.0387 e. The van der Waals surface area contributed by atoms with E-state index in [1.54, 1.807) is 5.01 Å². The third-order valence-corrected chi connectivity index (χ3v) is 0. The van der Waals surface area contributed by atoms with Gasteiger partial charge in [-0.05, 0) is 5.01 Å². The zero-order valence-corrected chi connectivity index (χ0v) is 23.3. The van der Waals surface area contributed by atoms with Gasteiger partial charge in [0, 0.05) is 0 Å². The summed E-state index contributed by atoms with van der Waals surface area (Å²) in [6.07, 6.45) is 0. The Kier molecular flexibility index (Phi) is 258. The molecule has 97 valence electrons. The first kappa shape index (κ1) is 25.8. The Morgan fingerprint density at radius 3 is 0.867 bits per heavy atom. The second-order valence-corrected chi connectivity index (χ2v) is 0.100. The molecule has 0 aromatic heterocycles. The van der Waals surface area contributed by atoms with E-state index in [1.807, 2.05) is 99.9 Å². The van der Waals surface area contributed by atoms with Crippen LogP contribution in [0.4, 0.5) is 0 Å². The summed E-state index contributed by atoms with van der Waals surface area (Å²) in [6.45, 7) is 5.39. The zero-order valence-electron chi connectivity index (χ0n) is 10.5. The van der Waals surface area contributed by atoms with Crippen LogP contribution in [0.3, 0.4) is 0 Å². The minimum absolute atomic E-state index is 0. The van der Waals surface area contributed by atoms with Crippen molar-refractivity contribution >= 4 is 99.9 Å². The smallest absolute Gasteiger partial charge is 0.0387 e. The fourth-order valence-electron chi connectivity index (χ4n) is 0. The molecule has 1 N–H and O–H groups in total. The standard InChI is InChI=1S/CHNO.2CH4.5HI.5V.5H/c1-2-3;;;;;;;;;;;;;;;;;/h3H;2*1H4;5*1H;;;;;;;;;;/q;;;;;;;;5*+1;;;;;/p-5/i;;;;;;;;;;;;;5*1+2. The molecule has 0 saturated carbocycles. The molecule has 0 fully saturated rings. The number of rotatable bonds is 0. The Hall–Kier alpha value is 5.86. The molecule has 2 nitrogen and oxygen atoms in total. The van der Waals surface area contributed by atoms with Gasteiger partial charge in [0.2, 0.25) is 0 Å². The van der Waals surface area contributed by atoms with Crippen molar-refractivity contribution < 1.29 is 74.5 Å². The van der Waals surface area contributed by atoms with Crippen LogP contribution in [0.1, 0.15) is 14.9 Å². The molecular weight excluding hydrogens is 955 g/mol. The molecule has 0 saturated heterocycles. The van der Waals surface area contributed by atoms with Crippen LogP contribution in [0.2, 0.25) is 0 Å². The number of hydrogen-bond acceptors (Lipinski definition) is 1. The summed E-state index contributed by atoms with van der Waals surface area (Å²) in [5.41, 5.74) is 0. The van der Waals surface area contributed by atoms with Crippen LogP contribution in [0.5, 0.6) is 0 Å². The first-order valence-electron chi connectivity index (χ1n) is 3.50. The Bertz CT molecular complexity index is 102. The Morgan fingerprint density at radius 2 is 0.867 bits per heavy atom. The van der Waals surface area contributed by atoms with Crippen LogP contribution in [-0.4, -0.2) is 9.60 Å². The molecule has 0 aliphatic carbocycles. The van der Waals surface area contributed by atoms with Gasteiger partial charge in [-0.25, -0.2) is 5.21 Å². The van der Waals surface area contributed by atoms with Crippen molar-refractivity contribution in [2.24, 2.45) is 0 Å². The topological polar surface area (TPSA) is 24.6 Å². The van der Waals surface area contributed by atoms with E-state index in [-0.39, 0.29) is 84.2 Å². The van der Waals surface area contributed by atoms with Gasteiger partial charge in [0.1, 0.15) is 0 Å². The maximum absolute atomic E-state index is 6.86. The molecule has 0 aromatic carbocycles. The third-order valence-electron chi connectivity index (χ3n) is 0. The zero-order chi connectivity index (χ0) is 16.2. The molecular formula is C3H14I5NOV5. The number of halogens is 5. The molecule has 0 heterocycles. The average molecular weight is 979 g/mol. The van der Waals surface area contributed by atoms with Gasteiger partial charge >= 0.3 is 174 Å². The van der Waals surface area contributed by atoms with Gasteiger partial charge in [0.15, 0.2) is 0 Å². The van der Waals surface area contributed by atoms with E-state index in [9.17, 15) is 0 Å². The molecule has 0 atom stereocenters. The van der Waals surface area contributed by atoms with Crippen molar-refractivity contribution in [1.29, 1.82) is 4.40 Å². The molecule has 0 spiro atoms. The van der Waals surface area contributed by atoms with Crippen LogP contribution < -0.4 is 0 Å². The van der Waals surface area contributed by atoms with Crippen molar-refractivity contribution in [2.45, 2.75) is 14.9 Å². The predicted octanol–water partition coefficient (Wildman–Crippen LogP) is 4.64. The first-order chi connectivity index (χ1) is 8.49. The molecule has 12 heteroatoms. The third kappa shape index (κ3) is 184. The van der Waals surface area contributed by atoms with Crippen molar-refractivity contribution in [3.8, 4) is 0 Å². The van der Waals surface area contributed by atoms with E-state index >= 15 is 0 Å². The van der Waals surface area contributed by atoms with Crippen molar-refractivity contribution in [2.75, 3.05) is 0 Å². The summed E-state index contributed by atoms with van der Waals surface area (Å²) in [7, 11) is 0. The second-order valence-electron chi connectivity index (χ2n) is 0.100. The van der Waals surface area contributed by atoms with Crippen molar-refractivity contribution in [1.82, 2.24) is 0 Å². The second kappa shape index (κ2) is 150. The fourth-order valence-corrected chi connectivity index (χ4v) is 0. The molecule has 15 heavy (non-hydrogen) atoms. The summed E-state index contributed by atoms with van der Waals surface area (Å²) in [6, 6.07) is 0. The van der Waals surface area contributed by atoms with E-state index in [2.05, 4.69) is 0 Å². The molecule has 0 rings (SSSR count). The van der Waals surface area contributed by atoms with Gasteiger partial charge in [-0.3, -0.25) is 0 Å². The van der Waals surface area contributed by atoms with Crippen LogP contribution in [-0.2, 0) is 69.3 Å². The summed E-state index contributed by atoms with van der Waals surface area (Å²) >= 11 is 9.78. The summed E-state index contributed by atoms with van der Waals surface area (Å²) in [5, 5.41) is 8.61. The van der Waals surface area contributed by atoms with Crippen LogP contribution >= 0.6 is 99.9 Å². The van der Waals surface area contributed by atoms with Crippen LogP contribution in [0, 0.1) is 6.57 Å². The molecule has 0 aliphatic rings. The predicted molar refractivity (Wildman–Crippen MR) is 98.9 cm³/mol. The van der Waals surface area contributed by atoms with Crippen molar-refractivity contribution in [3.05, 3.63) is 11.6 Å². The van der Waals surface area contributed by atoms with E-state index in [4.69, 9.17) is 16.2 Å². The van der Waals surface area contributed by atoms with E-state index in [0.717, 1.165) is 0 Å². The largest absolute Gasteiger partial charge is 0.213 e. The monoisotopic (exact) mass is 979 g/mol. The minimum atomic E-state index is -0.0925. The Balaban J connectivity index is -0.0000000141. The van der Waals surface area contributed by atoms with Crippen LogP contribution in [0.15, 0.2) is 0 Å². The van der Waals surface area contributed by atoms with Crippen LogP contribution in [0.25, 0.3) is 5.01 Å². The van der Waals surface area contributed by atoms with Gasteiger partial charge in [-0.1, -0.05) is 14.9 Å². The van der Waals surface area contributed by atoms with Gasteiger partial charge < -0.3 is 0 Å². The normalized spacial score (nSPS) is 5.47. The first-order valence-corrected chi connectivity index (χ1v) is 23.8. The number of hydrogen-bond donors (Lipinski definition) is 1. The van der Waals surface area contributed by atoms with Gasteiger partial charge in [-0.2, -0.15) is 6.57 Å². The quantitative estimate of drug-likeness (QED) is 0.214. The van der Waals surface area contributed by atoms with Gasteiger partial charge in [0.05, 0.1) is 0 Å². The molecule has 0 radical (unpaired) electrons. The summed E-state index contributed by atoms with van der Waals surface area (Å²) in [5.74, 6) is 0. The Labute approximate surface area is 200 Å². The van der Waals surface area contributed by atoms with E-state index < -0.39 is 0 Å². The van der Waals surface area contributed by atoms with Crippen molar-refractivity contribution in [3.63, 3.8) is 0 Å². The summed E-state index contributed by atoms with van der Waals surface area (Å²) in [4.78, 5) is 0. The number of nitrogens with zero attached hydrogens (tertiary/aromatic N) is 1. The molecule has 0 aromatic rings. The molecule has 0 aliphatic heterocycles. The SMILES string of the molecule is C.C.[3H][V][I].[3H][V][I].[3H][V][I].[3H][V][I].[3H][V][I].[C-]#[N+]O. The molecule has 0 unspecified atom stereocenters. The van der Waals surface area contributed by atoms with E-state index in [1.165, 1.54) is 0 Å². The maximum atomic E-state index is 6.86.